The molecular weight excluding hydrogens is 241 g/mol. The molecule has 1 aromatic rings. The van der Waals surface area contributed by atoms with Crippen molar-refractivity contribution in [1.29, 1.82) is 5.41 Å². The van der Waals surface area contributed by atoms with Crippen molar-refractivity contribution in [3.05, 3.63) is 35.1 Å². The molecule has 0 heterocycles. The van der Waals surface area contributed by atoms with Gasteiger partial charge in [0.2, 0.25) is 0 Å². The van der Waals surface area contributed by atoms with E-state index in [0.29, 0.717) is 23.7 Å². The highest BCUT2D eigenvalue weighted by Crippen LogP contribution is 2.23. The molecule has 0 aliphatic heterocycles. The Hall–Kier alpha value is -1.42. The van der Waals surface area contributed by atoms with Crippen LogP contribution in [0.4, 0.5) is 4.39 Å². The van der Waals surface area contributed by atoms with Crippen molar-refractivity contribution in [2.45, 2.75) is 44.7 Å². The third kappa shape index (κ3) is 3.53. The van der Waals surface area contributed by atoms with Crippen LogP contribution < -0.4 is 5.73 Å². The van der Waals surface area contributed by atoms with Crippen molar-refractivity contribution in [2.75, 3.05) is 7.05 Å². The van der Waals surface area contributed by atoms with E-state index in [4.69, 9.17) is 11.1 Å². The molecule has 1 aromatic carbocycles. The first-order valence-corrected chi connectivity index (χ1v) is 6.91. The summed E-state index contributed by atoms with van der Waals surface area (Å²) in [4.78, 5) is 2.24. The zero-order valence-electron chi connectivity index (χ0n) is 11.5. The van der Waals surface area contributed by atoms with E-state index in [9.17, 15) is 4.39 Å². The van der Waals surface area contributed by atoms with Gasteiger partial charge < -0.3 is 5.73 Å². The van der Waals surface area contributed by atoms with Crippen LogP contribution in [0.1, 0.15) is 43.2 Å². The number of nitrogens with one attached hydrogen (secondary N) is 1. The molecule has 0 spiro atoms. The van der Waals surface area contributed by atoms with E-state index in [1.165, 1.54) is 38.2 Å². The first kappa shape index (κ1) is 14.0. The number of amidine groups is 1. The van der Waals surface area contributed by atoms with Crippen molar-refractivity contribution in [1.82, 2.24) is 4.90 Å². The quantitative estimate of drug-likeness (QED) is 0.648. The number of nitrogens with two attached hydrogens (primary N) is 1. The summed E-state index contributed by atoms with van der Waals surface area (Å²) >= 11 is 0. The lowest BCUT2D eigenvalue weighted by atomic mass is 9.94. The topological polar surface area (TPSA) is 53.1 Å². The first-order valence-electron chi connectivity index (χ1n) is 6.91. The fourth-order valence-electron chi connectivity index (χ4n) is 2.76. The zero-order chi connectivity index (χ0) is 13.8. The Morgan fingerprint density at radius 2 is 2.05 bits per heavy atom. The molecule has 1 aliphatic carbocycles. The first-order chi connectivity index (χ1) is 9.08. The van der Waals surface area contributed by atoms with Gasteiger partial charge >= 0.3 is 0 Å². The van der Waals surface area contributed by atoms with Crippen LogP contribution in [0, 0.1) is 11.2 Å². The molecule has 3 nitrogen and oxygen atoms in total. The molecule has 0 saturated heterocycles. The molecular formula is C15H22FN3. The molecule has 1 aliphatic rings. The van der Waals surface area contributed by atoms with Gasteiger partial charge in [-0.1, -0.05) is 31.4 Å². The summed E-state index contributed by atoms with van der Waals surface area (Å²) in [7, 11) is 2.06. The van der Waals surface area contributed by atoms with Gasteiger partial charge in [0.25, 0.3) is 0 Å². The second kappa shape index (κ2) is 6.15. The lowest BCUT2D eigenvalue weighted by molar-refractivity contribution is 0.182. The van der Waals surface area contributed by atoms with E-state index < -0.39 is 0 Å². The highest BCUT2D eigenvalue weighted by molar-refractivity contribution is 5.94. The normalized spacial score (nSPS) is 16.8. The molecule has 104 valence electrons. The molecule has 1 fully saturated rings. The lowest BCUT2D eigenvalue weighted by Gasteiger charge is -2.31. The van der Waals surface area contributed by atoms with E-state index in [0.717, 1.165) is 0 Å². The van der Waals surface area contributed by atoms with Crippen molar-refractivity contribution in [2.24, 2.45) is 5.73 Å². The smallest absolute Gasteiger partial charge is 0.128 e. The summed E-state index contributed by atoms with van der Waals surface area (Å²) in [6.07, 6.45) is 6.31. The minimum atomic E-state index is -0.268. The molecule has 0 atom stereocenters. The van der Waals surface area contributed by atoms with Gasteiger partial charge in [0.1, 0.15) is 11.7 Å². The van der Waals surface area contributed by atoms with Gasteiger partial charge in [0.05, 0.1) is 0 Å². The van der Waals surface area contributed by atoms with Crippen LogP contribution in [0.3, 0.4) is 0 Å². The molecule has 0 bridgehead atoms. The molecule has 0 unspecified atom stereocenters. The minimum Gasteiger partial charge on any atom is -0.384 e. The Kier molecular flexibility index (Phi) is 4.53. The maximum Gasteiger partial charge on any atom is 0.128 e. The molecule has 4 heteroatoms. The van der Waals surface area contributed by atoms with Crippen molar-refractivity contribution in [3.8, 4) is 0 Å². The number of nitrogens with zero attached hydrogens (tertiary/aromatic N) is 1. The third-order valence-corrected chi connectivity index (χ3v) is 3.98. The van der Waals surface area contributed by atoms with Crippen molar-refractivity contribution < 1.29 is 4.39 Å². The molecule has 0 radical (unpaired) electrons. The number of nitrogen functional groups attached to an aromatic ring is 1. The fraction of sp³-hybridized carbons (Fsp3) is 0.533. The predicted octanol–water partition coefficient (Wildman–Crippen LogP) is 2.87. The van der Waals surface area contributed by atoms with Gasteiger partial charge in [-0.15, -0.1) is 0 Å². The molecule has 0 amide bonds. The summed E-state index contributed by atoms with van der Waals surface area (Å²) in [5, 5.41) is 7.31. The Bertz CT molecular complexity index is 453. The molecule has 2 rings (SSSR count). The van der Waals surface area contributed by atoms with Gasteiger partial charge in [-0.3, -0.25) is 10.3 Å². The van der Waals surface area contributed by atoms with Crippen LogP contribution in [-0.4, -0.2) is 23.8 Å². The van der Waals surface area contributed by atoms with Crippen molar-refractivity contribution >= 4 is 5.84 Å². The fourth-order valence-corrected chi connectivity index (χ4v) is 2.76. The molecule has 3 N–H and O–H groups in total. The monoisotopic (exact) mass is 263 g/mol. The highest BCUT2D eigenvalue weighted by Gasteiger charge is 2.19. The van der Waals surface area contributed by atoms with Gasteiger partial charge in [-0.2, -0.15) is 0 Å². The van der Waals surface area contributed by atoms with E-state index in [2.05, 4.69) is 11.9 Å². The summed E-state index contributed by atoms with van der Waals surface area (Å²) in [5.74, 6) is -0.360. The molecule has 19 heavy (non-hydrogen) atoms. The standard InChI is InChI=1S/C15H22FN3/c1-19(13-5-3-2-4-6-13)10-12-8-7-11(15(17)18)9-14(12)16/h7-9,13H,2-6,10H2,1H3,(H3,17,18). The van der Waals surface area contributed by atoms with Gasteiger partial charge in [0.15, 0.2) is 0 Å². The van der Waals surface area contributed by atoms with Gasteiger partial charge in [-0.05, 0) is 26.0 Å². The van der Waals surface area contributed by atoms with Crippen LogP contribution >= 0.6 is 0 Å². The molecule has 1 saturated carbocycles. The van der Waals surface area contributed by atoms with Crippen molar-refractivity contribution in [3.63, 3.8) is 0 Å². The Labute approximate surface area is 114 Å². The maximum absolute atomic E-state index is 14.0. The summed E-state index contributed by atoms with van der Waals surface area (Å²) < 4.78 is 14.0. The number of benzene rings is 1. The van der Waals surface area contributed by atoms with E-state index in [1.807, 2.05) is 0 Å². The summed E-state index contributed by atoms with van der Waals surface area (Å²) in [5.41, 5.74) is 6.48. The van der Waals surface area contributed by atoms with E-state index in [-0.39, 0.29) is 11.7 Å². The maximum atomic E-state index is 14.0. The van der Waals surface area contributed by atoms with Crippen LogP contribution in [0.15, 0.2) is 18.2 Å². The average Bonchev–Trinajstić information content (AvgIpc) is 2.41. The average molecular weight is 263 g/mol. The zero-order valence-corrected chi connectivity index (χ0v) is 11.5. The summed E-state index contributed by atoms with van der Waals surface area (Å²) in [6.45, 7) is 0.620. The second-order valence-electron chi connectivity index (χ2n) is 5.43. The number of hydrogen-bond donors (Lipinski definition) is 2. The largest absolute Gasteiger partial charge is 0.384 e. The Morgan fingerprint density at radius 3 is 2.63 bits per heavy atom. The van der Waals surface area contributed by atoms with Crippen LogP contribution in [0.25, 0.3) is 0 Å². The van der Waals surface area contributed by atoms with Crippen LogP contribution in [-0.2, 0) is 6.54 Å². The molecule has 0 aromatic heterocycles. The van der Waals surface area contributed by atoms with E-state index in [1.54, 1.807) is 12.1 Å². The van der Waals surface area contributed by atoms with Gasteiger partial charge in [-0.25, -0.2) is 4.39 Å². The Balaban J connectivity index is 2.03. The number of halogens is 1. The lowest BCUT2D eigenvalue weighted by Crippen LogP contribution is -2.33. The second-order valence-corrected chi connectivity index (χ2v) is 5.43. The highest BCUT2D eigenvalue weighted by atomic mass is 19.1. The Morgan fingerprint density at radius 1 is 1.37 bits per heavy atom. The van der Waals surface area contributed by atoms with Crippen LogP contribution in [0.2, 0.25) is 0 Å². The number of hydrogen-bond acceptors (Lipinski definition) is 2. The number of rotatable bonds is 4. The van der Waals surface area contributed by atoms with Crippen LogP contribution in [0.5, 0.6) is 0 Å². The summed E-state index contributed by atoms with van der Waals surface area (Å²) in [6, 6.07) is 5.38. The van der Waals surface area contributed by atoms with Gasteiger partial charge in [0, 0.05) is 23.7 Å². The minimum absolute atomic E-state index is 0.0916. The van der Waals surface area contributed by atoms with E-state index >= 15 is 0 Å². The predicted molar refractivity (Wildman–Crippen MR) is 75.8 cm³/mol. The third-order valence-electron chi connectivity index (χ3n) is 3.98. The SMILES string of the molecule is CN(Cc1ccc(C(=N)N)cc1F)C1CCCCC1.